The van der Waals surface area contributed by atoms with Gasteiger partial charge in [0.25, 0.3) is 0 Å². The molecule has 0 aliphatic heterocycles. The van der Waals surface area contributed by atoms with Crippen LogP contribution in [-0.2, 0) is 32.7 Å². The molecule has 0 heterocycles. The number of carbonyl (C=O) groups is 2. The van der Waals surface area contributed by atoms with E-state index in [1.165, 1.54) is 57.8 Å². The summed E-state index contributed by atoms with van der Waals surface area (Å²) in [5, 5.41) is 0. The van der Waals surface area contributed by atoms with Crippen LogP contribution in [0.4, 0.5) is 0 Å². The number of quaternary nitrogens is 1. The minimum absolute atomic E-state index is 0.0296. The monoisotopic (exact) mass is 717 g/mol. The number of allylic oxidation sites excluding steroid dienone is 4. The number of hydrogen-bond donors (Lipinski definition) is 1. The van der Waals surface area contributed by atoms with Gasteiger partial charge in [-0.15, -0.1) is 0 Å². The molecule has 1 unspecified atom stereocenters. The first-order valence-corrected chi connectivity index (χ1v) is 21.1. The average Bonchev–Trinajstić information content (AvgIpc) is 3.04. The lowest BCUT2D eigenvalue weighted by molar-refractivity contribution is -0.870. The van der Waals surface area contributed by atoms with Gasteiger partial charge >= 0.3 is 19.8 Å². The fourth-order valence-corrected chi connectivity index (χ4v) is 5.80. The van der Waals surface area contributed by atoms with Crippen molar-refractivity contribution < 1.29 is 42.1 Å². The highest BCUT2D eigenvalue weighted by atomic mass is 31.2. The highest BCUT2D eigenvalue weighted by molar-refractivity contribution is 7.47. The van der Waals surface area contributed by atoms with Gasteiger partial charge in [-0.25, -0.2) is 4.57 Å². The molecule has 0 fully saturated rings. The van der Waals surface area contributed by atoms with Crippen molar-refractivity contribution in [2.75, 3.05) is 47.5 Å². The zero-order valence-electron chi connectivity index (χ0n) is 32.2. The summed E-state index contributed by atoms with van der Waals surface area (Å²) in [6.07, 6.45) is 32.2. The Morgan fingerprint density at radius 1 is 0.612 bits per heavy atom. The first-order valence-electron chi connectivity index (χ1n) is 19.6. The Bertz CT molecular complexity index is 902. The Balaban J connectivity index is 4.45. The minimum atomic E-state index is -4.37. The summed E-state index contributed by atoms with van der Waals surface area (Å²) in [7, 11) is 1.47. The van der Waals surface area contributed by atoms with E-state index in [0.717, 1.165) is 70.6 Å². The Hall–Kier alpha value is -1.51. The van der Waals surface area contributed by atoms with Crippen molar-refractivity contribution in [3.05, 3.63) is 24.3 Å². The minimum Gasteiger partial charge on any atom is -0.462 e. The first-order chi connectivity index (χ1) is 23.5. The lowest BCUT2D eigenvalue weighted by atomic mass is 10.1. The number of ether oxygens (including phenoxy) is 2. The van der Waals surface area contributed by atoms with Crippen LogP contribution < -0.4 is 0 Å². The van der Waals surface area contributed by atoms with Crippen LogP contribution in [0.1, 0.15) is 162 Å². The number of rotatable bonds is 35. The lowest BCUT2D eigenvalue weighted by Gasteiger charge is -2.24. The molecule has 0 saturated carbocycles. The molecule has 0 spiro atoms. The summed E-state index contributed by atoms with van der Waals surface area (Å²) >= 11 is 0. The smallest absolute Gasteiger partial charge is 0.462 e. The highest BCUT2D eigenvalue weighted by Crippen LogP contribution is 2.43. The second-order valence-corrected chi connectivity index (χ2v) is 15.8. The van der Waals surface area contributed by atoms with E-state index in [9.17, 15) is 19.0 Å². The molecule has 0 rings (SSSR count). The van der Waals surface area contributed by atoms with Crippen molar-refractivity contribution in [3.8, 4) is 0 Å². The Morgan fingerprint density at radius 3 is 1.55 bits per heavy atom. The summed E-state index contributed by atoms with van der Waals surface area (Å²) in [6, 6.07) is 0. The maximum atomic E-state index is 12.6. The van der Waals surface area contributed by atoms with E-state index in [1.54, 1.807) is 0 Å². The predicted molar refractivity (Wildman–Crippen MR) is 201 cm³/mol. The third-order valence-electron chi connectivity index (χ3n) is 8.20. The predicted octanol–water partition coefficient (Wildman–Crippen LogP) is 10.4. The molecular formula is C39H75NO8P+. The van der Waals surface area contributed by atoms with Crippen LogP contribution in [0.25, 0.3) is 0 Å². The van der Waals surface area contributed by atoms with Gasteiger partial charge in [-0.2, -0.15) is 0 Å². The summed E-state index contributed by atoms with van der Waals surface area (Å²) in [6.45, 7) is 4.35. The van der Waals surface area contributed by atoms with Crippen LogP contribution in [0.2, 0.25) is 0 Å². The number of likely N-dealkylation sites (N-methyl/N-ethyl adjacent to an activating group) is 1. The molecule has 10 heteroatoms. The molecule has 49 heavy (non-hydrogen) atoms. The molecule has 9 nitrogen and oxygen atoms in total. The van der Waals surface area contributed by atoms with Crippen LogP contribution in [0.15, 0.2) is 24.3 Å². The van der Waals surface area contributed by atoms with Crippen molar-refractivity contribution >= 4 is 19.8 Å². The van der Waals surface area contributed by atoms with E-state index in [4.69, 9.17) is 18.5 Å². The second-order valence-electron chi connectivity index (χ2n) is 14.3. The first kappa shape index (κ1) is 47.5. The zero-order valence-corrected chi connectivity index (χ0v) is 33.1. The van der Waals surface area contributed by atoms with Crippen LogP contribution in [-0.4, -0.2) is 74.9 Å². The second kappa shape index (κ2) is 32.4. The van der Waals surface area contributed by atoms with Crippen LogP contribution in [0, 0.1) is 0 Å². The zero-order chi connectivity index (χ0) is 36.5. The summed E-state index contributed by atoms with van der Waals surface area (Å²) in [5.74, 6) is -0.820. The van der Waals surface area contributed by atoms with Crippen molar-refractivity contribution in [2.24, 2.45) is 0 Å². The molecule has 0 aromatic carbocycles. The lowest BCUT2D eigenvalue weighted by Crippen LogP contribution is -2.37. The molecule has 0 aromatic rings. The van der Waals surface area contributed by atoms with Gasteiger partial charge in [0.2, 0.25) is 0 Å². The fourth-order valence-electron chi connectivity index (χ4n) is 5.06. The van der Waals surface area contributed by atoms with Gasteiger partial charge in [-0.05, 0) is 64.2 Å². The van der Waals surface area contributed by atoms with Gasteiger partial charge in [0.15, 0.2) is 6.10 Å². The molecule has 1 N–H and O–H groups in total. The largest absolute Gasteiger partial charge is 0.472 e. The SMILES string of the molecule is CCCCC/C=C/CCCCCCCC(=O)O[C@H](COC(=O)CCCCCCC/C=C/CCCCCC)COP(=O)(O)OCC[N+](C)(C)C. The normalized spacial score (nSPS) is 14.0. The number of phosphoric acid groups is 1. The molecule has 0 aliphatic carbocycles. The van der Waals surface area contributed by atoms with Crippen molar-refractivity contribution in [1.29, 1.82) is 0 Å². The van der Waals surface area contributed by atoms with E-state index in [-0.39, 0.29) is 32.0 Å². The van der Waals surface area contributed by atoms with Crippen molar-refractivity contribution in [1.82, 2.24) is 0 Å². The summed E-state index contributed by atoms with van der Waals surface area (Å²) in [5.41, 5.74) is 0. The Labute approximate surface area is 300 Å². The maximum Gasteiger partial charge on any atom is 0.472 e. The van der Waals surface area contributed by atoms with E-state index < -0.39 is 26.5 Å². The summed E-state index contributed by atoms with van der Waals surface area (Å²) < 4.78 is 34.1. The maximum absolute atomic E-state index is 12.6. The van der Waals surface area contributed by atoms with Gasteiger partial charge in [0.1, 0.15) is 19.8 Å². The Kier molecular flexibility index (Phi) is 31.4. The molecule has 0 amide bonds. The van der Waals surface area contributed by atoms with E-state index in [2.05, 4.69) is 38.2 Å². The molecule has 0 bridgehead atoms. The number of nitrogens with zero attached hydrogens (tertiary/aromatic N) is 1. The fraction of sp³-hybridized carbons (Fsp3) is 0.846. The topological polar surface area (TPSA) is 108 Å². The molecular weight excluding hydrogens is 641 g/mol. The standard InChI is InChI=1S/C39H74NO8P/c1-6-8-10-12-14-16-18-20-22-23-25-27-29-31-38(41)45-35-37(36-47-49(43,44)46-34-33-40(3,4)5)48-39(42)32-30-28-26-24-21-19-17-15-13-11-9-7-2/h15-18,37H,6-14,19-36H2,1-5H3/p+1/b17-15+,18-16+/t37-/m1/s1. The molecule has 0 radical (unpaired) electrons. The van der Waals surface area contributed by atoms with Crippen LogP contribution in [0.3, 0.4) is 0 Å². The van der Waals surface area contributed by atoms with E-state index >= 15 is 0 Å². The van der Waals surface area contributed by atoms with Gasteiger partial charge in [0, 0.05) is 12.8 Å². The molecule has 2 atom stereocenters. The Morgan fingerprint density at radius 2 is 1.04 bits per heavy atom. The average molecular weight is 717 g/mol. The third-order valence-corrected chi connectivity index (χ3v) is 9.19. The quantitative estimate of drug-likeness (QED) is 0.0227. The van der Waals surface area contributed by atoms with Crippen molar-refractivity contribution in [2.45, 2.75) is 168 Å². The number of esters is 2. The van der Waals surface area contributed by atoms with Gasteiger partial charge in [0.05, 0.1) is 27.7 Å². The highest BCUT2D eigenvalue weighted by Gasteiger charge is 2.27. The molecule has 0 saturated heterocycles. The van der Waals surface area contributed by atoms with E-state index in [0.29, 0.717) is 17.4 Å². The number of carbonyl (C=O) groups excluding carboxylic acids is 2. The third kappa shape index (κ3) is 36.1. The van der Waals surface area contributed by atoms with Crippen LogP contribution >= 0.6 is 7.82 Å². The molecule has 288 valence electrons. The number of unbranched alkanes of at least 4 members (excludes halogenated alkanes) is 17. The molecule has 0 aromatic heterocycles. The van der Waals surface area contributed by atoms with Crippen LogP contribution in [0.5, 0.6) is 0 Å². The number of hydrogen-bond acceptors (Lipinski definition) is 7. The summed E-state index contributed by atoms with van der Waals surface area (Å²) in [4.78, 5) is 35.2. The number of phosphoric ester groups is 1. The van der Waals surface area contributed by atoms with Gasteiger partial charge in [-0.1, -0.05) is 109 Å². The van der Waals surface area contributed by atoms with Gasteiger partial charge in [-0.3, -0.25) is 18.6 Å². The molecule has 0 aliphatic rings. The van der Waals surface area contributed by atoms with Crippen molar-refractivity contribution in [3.63, 3.8) is 0 Å². The van der Waals surface area contributed by atoms with E-state index in [1.807, 2.05) is 21.1 Å². The van der Waals surface area contributed by atoms with Gasteiger partial charge < -0.3 is 18.9 Å².